The van der Waals surface area contributed by atoms with Crippen LogP contribution in [0.1, 0.15) is 20.8 Å². The van der Waals surface area contributed by atoms with Gasteiger partial charge in [0.2, 0.25) is 5.90 Å². The van der Waals surface area contributed by atoms with Crippen LogP contribution in [0.15, 0.2) is 5.10 Å². The molecular weight excluding hydrogens is 104 g/mol. The lowest BCUT2D eigenvalue weighted by atomic mass is 10.8. The summed E-state index contributed by atoms with van der Waals surface area (Å²) in [5.74, 6) is 5.24. The first kappa shape index (κ1) is 10.3. The van der Waals surface area contributed by atoms with E-state index in [2.05, 4.69) is 9.84 Å². The van der Waals surface area contributed by atoms with Crippen molar-refractivity contribution in [1.29, 1.82) is 0 Å². The second-order valence-corrected chi connectivity index (χ2v) is 0.852. The van der Waals surface area contributed by atoms with E-state index in [0.29, 0.717) is 5.90 Å². The molecule has 0 radical (unpaired) electrons. The van der Waals surface area contributed by atoms with Gasteiger partial charge < -0.3 is 10.6 Å². The van der Waals surface area contributed by atoms with Crippen molar-refractivity contribution in [2.75, 3.05) is 7.11 Å². The molecule has 0 spiro atoms. The predicted molar refractivity (Wildman–Crippen MR) is 35.7 cm³/mol. The Labute approximate surface area is 50.5 Å². The van der Waals surface area contributed by atoms with Crippen LogP contribution in [0.25, 0.3) is 0 Å². The molecule has 0 amide bonds. The summed E-state index contributed by atoms with van der Waals surface area (Å²) in [5.41, 5.74) is 0. The topological polar surface area (TPSA) is 47.6 Å². The summed E-state index contributed by atoms with van der Waals surface area (Å²) in [4.78, 5) is 0. The molecule has 0 heterocycles. The largest absolute Gasteiger partial charge is 0.483 e. The van der Waals surface area contributed by atoms with Crippen LogP contribution in [0.2, 0.25) is 0 Å². The molecule has 0 unspecified atom stereocenters. The maximum absolute atomic E-state index is 4.75. The molecule has 3 heteroatoms. The third-order valence-corrected chi connectivity index (χ3v) is 0.477. The van der Waals surface area contributed by atoms with Crippen molar-refractivity contribution in [3.05, 3.63) is 0 Å². The molecule has 0 aliphatic carbocycles. The third-order valence-electron chi connectivity index (χ3n) is 0.477. The van der Waals surface area contributed by atoms with Gasteiger partial charge in [0.25, 0.3) is 0 Å². The highest BCUT2D eigenvalue weighted by atomic mass is 16.5. The summed E-state index contributed by atoms with van der Waals surface area (Å²) in [6.07, 6.45) is 0. The zero-order valence-electron chi connectivity index (χ0n) is 5.93. The van der Waals surface area contributed by atoms with Gasteiger partial charge in [0.05, 0.1) is 7.11 Å². The molecule has 0 aromatic heterocycles. The highest BCUT2D eigenvalue weighted by Crippen LogP contribution is 1.67. The van der Waals surface area contributed by atoms with E-state index in [9.17, 15) is 0 Å². The smallest absolute Gasteiger partial charge is 0.202 e. The fourth-order valence-corrected chi connectivity index (χ4v) is 0.0527. The van der Waals surface area contributed by atoms with E-state index in [1.807, 2.05) is 13.8 Å². The Morgan fingerprint density at radius 2 is 1.88 bits per heavy atom. The summed E-state index contributed by atoms with van der Waals surface area (Å²) < 4.78 is 4.52. The van der Waals surface area contributed by atoms with Crippen LogP contribution in [0, 0.1) is 0 Å². The molecule has 0 saturated carbocycles. The minimum atomic E-state index is 0.495. The first-order valence-electron chi connectivity index (χ1n) is 2.59. The van der Waals surface area contributed by atoms with Crippen LogP contribution in [0.3, 0.4) is 0 Å². The van der Waals surface area contributed by atoms with Gasteiger partial charge in [-0.25, -0.2) is 0 Å². The standard InChI is InChI=1S/C3H8N2O.C2H6/c1-3(5-4)6-2;1-2/h4H2,1-2H3;1-2H3/b5-3-;. The molecule has 3 nitrogen and oxygen atoms in total. The van der Waals surface area contributed by atoms with Crippen molar-refractivity contribution in [2.24, 2.45) is 10.9 Å². The molecule has 50 valence electrons. The molecule has 2 N–H and O–H groups in total. The lowest BCUT2D eigenvalue weighted by Crippen LogP contribution is -1.96. The molecule has 0 saturated heterocycles. The lowest BCUT2D eigenvalue weighted by Gasteiger charge is -1.89. The quantitative estimate of drug-likeness (QED) is 0.223. The molecular formula is C5H14N2O. The van der Waals surface area contributed by atoms with Crippen molar-refractivity contribution in [1.82, 2.24) is 0 Å². The van der Waals surface area contributed by atoms with Gasteiger partial charge in [0.15, 0.2) is 0 Å². The molecule has 0 aliphatic rings. The molecule has 0 aromatic rings. The van der Waals surface area contributed by atoms with Crippen molar-refractivity contribution in [3.8, 4) is 0 Å². The van der Waals surface area contributed by atoms with Crippen LogP contribution >= 0.6 is 0 Å². The molecule has 0 bridgehead atoms. The summed E-state index contributed by atoms with van der Waals surface area (Å²) in [6.45, 7) is 5.68. The van der Waals surface area contributed by atoms with Gasteiger partial charge in [-0.3, -0.25) is 0 Å². The molecule has 0 fully saturated rings. The lowest BCUT2D eigenvalue weighted by molar-refractivity contribution is 0.398. The van der Waals surface area contributed by atoms with Crippen LogP contribution in [0.4, 0.5) is 0 Å². The fraction of sp³-hybridized carbons (Fsp3) is 0.800. The van der Waals surface area contributed by atoms with Gasteiger partial charge in [-0.1, -0.05) is 13.8 Å². The Morgan fingerprint density at radius 3 is 1.88 bits per heavy atom. The maximum Gasteiger partial charge on any atom is 0.202 e. The van der Waals surface area contributed by atoms with Crippen LogP contribution in [-0.2, 0) is 4.74 Å². The van der Waals surface area contributed by atoms with Crippen molar-refractivity contribution >= 4 is 5.90 Å². The molecule has 0 aromatic carbocycles. The highest BCUT2D eigenvalue weighted by molar-refractivity contribution is 5.72. The number of hydrazone groups is 1. The van der Waals surface area contributed by atoms with E-state index in [-0.39, 0.29) is 0 Å². The summed E-state index contributed by atoms with van der Waals surface area (Å²) in [6, 6.07) is 0. The Kier molecular flexibility index (Phi) is 12.3. The summed E-state index contributed by atoms with van der Waals surface area (Å²) >= 11 is 0. The predicted octanol–water partition coefficient (Wildman–Crippen LogP) is 0.951. The molecule has 0 rings (SSSR count). The molecule has 0 atom stereocenters. The molecule has 8 heavy (non-hydrogen) atoms. The molecule has 0 aliphatic heterocycles. The Balaban J connectivity index is 0. The number of hydrogen-bond donors (Lipinski definition) is 1. The van der Waals surface area contributed by atoms with E-state index >= 15 is 0 Å². The Bertz CT molecular complexity index is 61.4. The van der Waals surface area contributed by atoms with Crippen molar-refractivity contribution in [3.63, 3.8) is 0 Å². The van der Waals surface area contributed by atoms with Gasteiger partial charge >= 0.3 is 0 Å². The normalized spacial score (nSPS) is 9.25. The Morgan fingerprint density at radius 1 is 1.50 bits per heavy atom. The minimum Gasteiger partial charge on any atom is -0.483 e. The van der Waals surface area contributed by atoms with E-state index < -0.39 is 0 Å². The Hall–Kier alpha value is -0.730. The second kappa shape index (κ2) is 9.55. The van der Waals surface area contributed by atoms with E-state index in [1.165, 1.54) is 7.11 Å². The zero-order valence-corrected chi connectivity index (χ0v) is 5.93. The van der Waals surface area contributed by atoms with Gasteiger partial charge in [-0.2, -0.15) is 0 Å². The van der Waals surface area contributed by atoms with Crippen molar-refractivity contribution in [2.45, 2.75) is 20.8 Å². The fourth-order valence-electron chi connectivity index (χ4n) is 0.0527. The van der Waals surface area contributed by atoms with Crippen LogP contribution < -0.4 is 5.84 Å². The van der Waals surface area contributed by atoms with Crippen LogP contribution in [-0.4, -0.2) is 13.0 Å². The van der Waals surface area contributed by atoms with Gasteiger partial charge in [0.1, 0.15) is 0 Å². The van der Waals surface area contributed by atoms with E-state index in [4.69, 9.17) is 5.84 Å². The number of nitrogens with zero attached hydrogens (tertiary/aromatic N) is 1. The van der Waals surface area contributed by atoms with Gasteiger partial charge in [-0.15, -0.1) is 5.10 Å². The number of nitrogens with two attached hydrogens (primary N) is 1. The average molecular weight is 118 g/mol. The number of rotatable bonds is 0. The zero-order chi connectivity index (χ0) is 6.99. The third kappa shape index (κ3) is 8.99. The first-order chi connectivity index (χ1) is 3.81. The van der Waals surface area contributed by atoms with E-state index in [1.54, 1.807) is 6.92 Å². The van der Waals surface area contributed by atoms with Crippen LogP contribution in [0.5, 0.6) is 0 Å². The SMILES string of the molecule is CC.CO/C(C)=N\N. The van der Waals surface area contributed by atoms with Gasteiger partial charge in [0, 0.05) is 6.92 Å². The van der Waals surface area contributed by atoms with Crippen molar-refractivity contribution < 1.29 is 4.74 Å². The van der Waals surface area contributed by atoms with Gasteiger partial charge in [-0.05, 0) is 0 Å². The summed E-state index contributed by atoms with van der Waals surface area (Å²) in [5, 5.41) is 3.20. The number of methoxy groups -OCH3 is 1. The average Bonchev–Trinajstić information content (AvgIpc) is 1.91. The maximum atomic E-state index is 4.75. The minimum absolute atomic E-state index is 0.495. The summed E-state index contributed by atoms with van der Waals surface area (Å²) in [7, 11) is 1.52. The monoisotopic (exact) mass is 118 g/mol. The first-order valence-corrected chi connectivity index (χ1v) is 2.59. The number of ether oxygens (including phenoxy) is 1. The number of hydrogen-bond acceptors (Lipinski definition) is 3. The van der Waals surface area contributed by atoms with E-state index in [0.717, 1.165) is 0 Å². The second-order valence-electron chi connectivity index (χ2n) is 0.852. The highest BCUT2D eigenvalue weighted by Gasteiger charge is 1.75.